The van der Waals surface area contributed by atoms with Crippen LogP contribution in [0.25, 0.3) is 0 Å². The minimum Gasteiger partial charge on any atom is -0.493 e. The Morgan fingerprint density at radius 3 is 2.60 bits per heavy atom. The second-order valence-corrected chi connectivity index (χ2v) is 9.72. The van der Waals surface area contributed by atoms with E-state index in [1.54, 1.807) is 12.1 Å². The van der Waals surface area contributed by atoms with Gasteiger partial charge in [0.05, 0.1) is 25.7 Å². The van der Waals surface area contributed by atoms with Crippen molar-refractivity contribution in [3.63, 3.8) is 0 Å². The van der Waals surface area contributed by atoms with Crippen molar-refractivity contribution in [1.29, 1.82) is 0 Å². The number of cyclic esters (lactones) is 1. The SMILES string of the molecule is COc1ccc2c(c1OC)C(=O)OC2N1C(=O)CCC1C(=O)NC1CCS(=O)(=O)C1. The van der Waals surface area contributed by atoms with Crippen LogP contribution >= 0.6 is 0 Å². The molecule has 2 saturated heterocycles. The number of ether oxygens (including phenoxy) is 3. The Morgan fingerprint density at radius 2 is 1.97 bits per heavy atom. The number of sulfone groups is 1. The summed E-state index contributed by atoms with van der Waals surface area (Å²) in [4.78, 5) is 39.3. The minimum absolute atomic E-state index is 0.0283. The summed E-state index contributed by atoms with van der Waals surface area (Å²) in [5.74, 6) is -0.989. The smallest absolute Gasteiger partial charge is 0.344 e. The number of likely N-dealkylation sites (tertiary alicyclic amines) is 1. The van der Waals surface area contributed by atoms with Crippen molar-refractivity contribution in [1.82, 2.24) is 10.2 Å². The molecule has 30 heavy (non-hydrogen) atoms. The van der Waals surface area contributed by atoms with Gasteiger partial charge in [-0.05, 0) is 25.0 Å². The fourth-order valence-corrected chi connectivity index (χ4v) is 5.92. The second-order valence-electron chi connectivity index (χ2n) is 7.49. The van der Waals surface area contributed by atoms with Crippen LogP contribution in [-0.2, 0) is 24.2 Å². The highest BCUT2D eigenvalue weighted by Crippen LogP contribution is 2.45. The maximum absolute atomic E-state index is 12.9. The summed E-state index contributed by atoms with van der Waals surface area (Å²) < 4.78 is 39.3. The number of carbonyl (C=O) groups excluding carboxylic acids is 3. The summed E-state index contributed by atoms with van der Waals surface area (Å²) in [5, 5.41) is 2.73. The Bertz CT molecular complexity index is 1020. The molecular formula is C19H22N2O8S. The van der Waals surface area contributed by atoms with Gasteiger partial charge in [0.1, 0.15) is 11.6 Å². The molecule has 0 radical (unpaired) electrons. The first-order valence-corrected chi connectivity index (χ1v) is 11.4. The Labute approximate surface area is 173 Å². The number of rotatable bonds is 5. The fourth-order valence-electron chi connectivity index (χ4n) is 4.25. The van der Waals surface area contributed by atoms with Crippen LogP contribution in [0.1, 0.15) is 41.4 Å². The molecule has 1 aromatic rings. The van der Waals surface area contributed by atoms with Crippen molar-refractivity contribution < 1.29 is 37.0 Å². The van der Waals surface area contributed by atoms with Crippen LogP contribution in [0.3, 0.4) is 0 Å². The second kappa shape index (κ2) is 7.46. The first-order chi connectivity index (χ1) is 14.3. The number of methoxy groups -OCH3 is 2. The van der Waals surface area contributed by atoms with Crippen LogP contribution in [-0.4, -0.2) is 68.9 Å². The number of carbonyl (C=O) groups is 3. The standard InChI is InChI=1S/C19H22N2O8S/c1-27-13-5-3-11-15(16(13)28-2)19(24)29-18(11)21-12(4-6-14(21)22)17(23)20-10-7-8-30(25,26)9-10/h3,5,10,12,18H,4,6-9H2,1-2H3,(H,20,23). The van der Waals surface area contributed by atoms with E-state index in [9.17, 15) is 22.8 Å². The Hall–Kier alpha value is -2.82. The zero-order valence-electron chi connectivity index (χ0n) is 16.5. The third kappa shape index (κ3) is 3.36. The molecule has 3 aliphatic rings. The predicted molar refractivity (Wildman–Crippen MR) is 103 cm³/mol. The van der Waals surface area contributed by atoms with Gasteiger partial charge in [-0.25, -0.2) is 13.2 Å². The number of nitrogens with zero attached hydrogens (tertiary/aromatic N) is 1. The lowest BCUT2D eigenvalue weighted by Crippen LogP contribution is -2.49. The molecule has 3 atom stereocenters. The minimum atomic E-state index is -3.16. The number of esters is 1. The normalized spacial score (nSPS) is 27.0. The van der Waals surface area contributed by atoms with Crippen LogP contribution in [0.5, 0.6) is 11.5 Å². The van der Waals surface area contributed by atoms with Crippen molar-refractivity contribution in [3.8, 4) is 11.5 Å². The molecular weight excluding hydrogens is 416 g/mol. The van der Waals surface area contributed by atoms with Gasteiger partial charge < -0.3 is 19.5 Å². The van der Waals surface area contributed by atoms with E-state index < -0.39 is 40.0 Å². The molecule has 10 nitrogen and oxygen atoms in total. The molecule has 3 aliphatic heterocycles. The molecule has 0 aliphatic carbocycles. The Morgan fingerprint density at radius 1 is 1.20 bits per heavy atom. The number of nitrogens with one attached hydrogen (secondary N) is 1. The third-order valence-electron chi connectivity index (χ3n) is 5.66. The van der Waals surface area contributed by atoms with Gasteiger partial charge in [0.15, 0.2) is 21.3 Å². The van der Waals surface area contributed by atoms with E-state index in [0.717, 1.165) is 0 Å². The van der Waals surface area contributed by atoms with Crippen molar-refractivity contribution in [2.24, 2.45) is 0 Å². The first-order valence-electron chi connectivity index (χ1n) is 9.53. The van der Waals surface area contributed by atoms with E-state index in [-0.39, 0.29) is 41.6 Å². The summed E-state index contributed by atoms with van der Waals surface area (Å²) >= 11 is 0. The van der Waals surface area contributed by atoms with Gasteiger partial charge in [0.25, 0.3) is 0 Å². The molecule has 1 N–H and O–H groups in total. The lowest BCUT2D eigenvalue weighted by Gasteiger charge is -2.29. The van der Waals surface area contributed by atoms with Crippen molar-refractivity contribution in [3.05, 3.63) is 23.3 Å². The molecule has 2 amide bonds. The highest BCUT2D eigenvalue weighted by Gasteiger charge is 2.48. The third-order valence-corrected chi connectivity index (χ3v) is 7.42. The molecule has 4 rings (SSSR count). The molecule has 0 spiro atoms. The lowest BCUT2D eigenvalue weighted by atomic mass is 10.0. The van der Waals surface area contributed by atoms with Gasteiger partial charge in [-0.2, -0.15) is 0 Å². The summed E-state index contributed by atoms with van der Waals surface area (Å²) in [6.07, 6.45) is -0.351. The topological polar surface area (TPSA) is 128 Å². The van der Waals surface area contributed by atoms with Crippen LogP contribution in [0, 0.1) is 0 Å². The molecule has 0 saturated carbocycles. The Balaban J connectivity index is 1.61. The highest BCUT2D eigenvalue weighted by molar-refractivity contribution is 7.91. The van der Waals surface area contributed by atoms with Gasteiger partial charge in [-0.15, -0.1) is 0 Å². The van der Waals surface area contributed by atoms with Gasteiger partial charge in [0.2, 0.25) is 18.0 Å². The molecule has 11 heteroatoms. The van der Waals surface area contributed by atoms with Crippen LogP contribution in [0.2, 0.25) is 0 Å². The maximum Gasteiger partial charge on any atom is 0.344 e. The quantitative estimate of drug-likeness (QED) is 0.644. The summed E-state index contributed by atoms with van der Waals surface area (Å²) in [6.45, 7) is 0. The van der Waals surface area contributed by atoms with Crippen LogP contribution in [0.15, 0.2) is 12.1 Å². The average molecular weight is 438 g/mol. The molecule has 2 fully saturated rings. The van der Waals surface area contributed by atoms with Gasteiger partial charge in [-0.1, -0.05) is 0 Å². The highest BCUT2D eigenvalue weighted by atomic mass is 32.2. The average Bonchev–Trinajstić information content (AvgIpc) is 3.35. The summed E-state index contributed by atoms with van der Waals surface area (Å²) in [7, 11) is -0.322. The zero-order chi connectivity index (χ0) is 21.6. The van der Waals surface area contributed by atoms with E-state index in [1.165, 1.54) is 19.1 Å². The maximum atomic E-state index is 12.9. The number of hydrogen-bond donors (Lipinski definition) is 1. The molecule has 3 heterocycles. The van der Waals surface area contributed by atoms with Crippen molar-refractivity contribution in [2.45, 2.75) is 37.6 Å². The van der Waals surface area contributed by atoms with E-state index in [1.807, 2.05) is 0 Å². The van der Waals surface area contributed by atoms with Gasteiger partial charge in [0, 0.05) is 18.0 Å². The Kier molecular flexibility index (Phi) is 5.08. The van der Waals surface area contributed by atoms with E-state index >= 15 is 0 Å². The molecule has 0 aromatic heterocycles. The zero-order valence-corrected chi connectivity index (χ0v) is 17.4. The van der Waals surface area contributed by atoms with Crippen LogP contribution in [0.4, 0.5) is 0 Å². The van der Waals surface area contributed by atoms with E-state index in [4.69, 9.17) is 14.2 Å². The number of hydrogen-bond acceptors (Lipinski definition) is 8. The molecule has 3 unspecified atom stereocenters. The predicted octanol–water partition coefficient (Wildman–Crippen LogP) is 0.167. The fraction of sp³-hybridized carbons (Fsp3) is 0.526. The summed E-state index contributed by atoms with van der Waals surface area (Å²) in [5.41, 5.74) is 0.566. The molecule has 0 bridgehead atoms. The first kappa shape index (κ1) is 20.5. The van der Waals surface area contributed by atoms with Crippen molar-refractivity contribution in [2.75, 3.05) is 25.7 Å². The molecule has 162 valence electrons. The number of amides is 2. The largest absolute Gasteiger partial charge is 0.493 e. The van der Waals surface area contributed by atoms with E-state index in [0.29, 0.717) is 17.7 Å². The summed E-state index contributed by atoms with van der Waals surface area (Å²) in [6, 6.07) is 1.86. The van der Waals surface area contributed by atoms with E-state index in [2.05, 4.69) is 5.32 Å². The number of benzene rings is 1. The monoisotopic (exact) mass is 438 g/mol. The van der Waals surface area contributed by atoms with Crippen molar-refractivity contribution >= 4 is 27.6 Å². The van der Waals surface area contributed by atoms with Gasteiger partial charge in [-0.3, -0.25) is 14.5 Å². The lowest BCUT2D eigenvalue weighted by molar-refractivity contribution is -0.145. The van der Waals surface area contributed by atoms with Gasteiger partial charge >= 0.3 is 5.97 Å². The number of fused-ring (bicyclic) bond motifs is 1. The molecule has 1 aromatic carbocycles. The van der Waals surface area contributed by atoms with Crippen LogP contribution < -0.4 is 14.8 Å².